The molecule has 3 aromatic rings. The first-order valence-corrected chi connectivity index (χ1v) is 11.0. The van der Waals surface area contributed by atoms with Crippen LogP contribution in [-0.2, 0) is 11.3 Å². The molecular weight excluding hydrogens is 422 g/mol. The number of carbonyl (C=O) groups excluding carboxylic acids is 1. The summed E-state index contributed by atoms with van der Waals surface area (Å²) in [6, 6.07) is 10.4. The van der Waals surface area contributed by atoms with Crippen LogP contribution in [0.15, 0.2) is 36.4 Å². The van der Waals surface area contributed by atoms with Crippen molar-refractivity contribution in [2.45, 2.75) is 33.2 Å². The molecule has 1 aromatic heterocycles. The molecule has 0 bridgehead atoms. The number of aromatic hydroxyl groups is 3. The fourth-order valence-corrected chi connectivity index (χ4v) is 4.15. The third-order valence-electron chi connectivity index (χ3n) is 6.07. The molecule has 9 nitrogen and oxygen atoms in total. The summed E-state index contributed by atoms with van der Waals surface area (Å²) in [5.41, 5.74) is 2.80. The molecule has 1 saturated heterocycles. The summed E-state index contributed by atoms with van der Waals surface area (Å²) in [7, 11) is 0. The van der Waals surface area contributed by atoms with Gasteiger partial charge in [-0.05, 0) is 35.2 Å². The number of hydrogen-bond donors (Lipinski definition) is 3. The van der Waals surface area contributed by atoms with Gasteiger partial charge in [-0.2, -0.15) is 0 Å². The van der Waals surface area contributed by atoms with Crippen molar-refractivity contribution in [3.63, 3.8) is 0 Å². The lowest BCUT2D eigenvalue weighted by molar-refractivity contribution is -0.130. The van der Waals surface area contributed by atoms with Gasteiger partial charge in [0.25, 0.3) is 0 Å². The Hall–Kier alpha value is -3.59. The Labute approximate surface area is 192 Å². The van der Waals surface area contributed by atoms with E-state index in [2.05, 4.69) is 15.1 Å². The number of rotatable bonds is 5. The monoisotopic (exact) mass is 451 g/mol. The van der Waals surface area contributed by atoms with Crippen LogP contribution in [0.3, 0.4) is 0 Å². The van der Waals surface area contributed by atoms with Gasteiger partial charge in [0.2, 0.25) is 5.91 Å². The van der Waals surface area contributed by atoms with Crippen LogP contribution in [0.2, 0.25) is 0 Å². The van der Waals surface area contributed by atoms with Crippen LogP contribution in [0.1, 0.15) is 37.8 Å². The fraction of sp³-hybridized carbons (Fsp3) is 0.375. The number of benzene rings is 2. The standard InChI is InChI=1S/C24H29N5O4/c1-15(2)19-12-20(22(32)13-21(19)31)23-25-26-24(33)29(23)18-6-4-17(5-7-18)14-27-8-10-28(11-9-27)16(3)30/h4-7,12-13,15,31-32H,8-11,14H2,1-3H3,(H,26,33). The summed E-state index contributed by atoms with van der Waals surface area (Å²) < 4.78 is 1.46. The van der Waals surface area contributed by atoms with E-state index in [4.69, 9.17) is 0 Å². The molecule has 1 fully saturated rings. The highest BCUT2D eigenvalue weighted by molar-refractivity contribution is 5.73. The zero-order chi connectivity index (χ0) is 23.7. The van der Waals surface area contributed by atoms with E-state index in [0.717, 1.165) is 38.3 Å². The molecule has 1 aliphatic rings. The second kappa shape index (κ2) is 9.11. The number of piperazine rings is 1. The van der Waals surface area contributed by atoms with Crippen molar-refractivity contribution in [1.29, 1.82) is 0 Å². The lowest BCUT2D eigenvalue weighted by Gasteiger charge is -2.34. The van der Waals surface area contributed by atoms with E-state index in [9.17, 15) is 20.1 Å². The van der Waals surface area contributed by atoms with Crippen LogP contribution in [-0.4, -0.2) is 72.0 Å². The van der Waals surface area contributed by atoms with Crippen LogP contribution in [0.25, 0.3) is 17.1 Å². The summed E-state index contributed by atoms with van der Waals surface area (Å²) in [4.78, 5) is 15.7. The molecule has 1 amide bonds. The zero-order valence-corrected chi connectivity index (χ0v) is 19.1. The van der Waals surface area contributed by atoms with Crippen molar-refractivity contribution in [1.82, 2.24) is 24.6 Å². The van der Waals surface area contributed by atoms with Gasteiger partial charge in [-0.3, -0.25) is 9.69 Å². The van der Waals surface area contributed by atoms with E-state index in [1.54, 1.807) is 13.0 Å². The largest absolute Gasteiger partial charge is 0.508 e. The Kier molecular flexibility index (Phi) is 6.24. The lowest BCUT2D eigenvalue weighted by atomic mass is 9.98. The fourth-order valence-electron chi connectivity index (χ4n) is 4.15. The molecule has 0 unspecified atom stereocenters. The maximum Gasteiger partial charge on any atom is 0.319 e. The number of aromatic nitrogens is 3. The Morgan fingerprint density at radius 2 is 1.64 bits per heavy atom. The SMILES string of the molecule is CC(=O)N1CCN(Cc2ccc(-n3c(O)nnc3-c3cc(C(C)C)c(O)cc3O)cc2)CC1. The van der Waals surface area contributed by atoms with Crippen LogP contribution in [0.5, 0.6) is 17.5 Å². The van der Waals surface area contributed by atoms with E-state index in [0.29, 0.717) is 16.8 Å². The number of carbonyl (C=O) groups is 1. The van der Waals surface area contributed by atoms with Crippen LogP contribution in [0.4, 0.5) is 0 Å². The first-order chi connectivity index (χ1) is 15.7. The van der Waals surface area contributed by atoms with E-state index in [1.807, 2.05) is 43.0 Å². The maximum absolute atomic E-state index is 11.5. The van der Waals surface area contributed by atoms with Crippen molar-refractivity contribution in [3.8, 4) is 34.6 Å². The van der Waals surface area contributed by atoms with Crippen LogP contribution in [0, 0.1) is 0 Å². The van der Waals surface area contributed by atoms with Crippen molar-refractivity contribution >= 4 is 5.91 Å². The summed E-state index contributed by atoms with van der Waals surface area (Å²) in [5.74, 6) is 0.288. The van der Waals surface area contributed by atoms with E-state index in [1.165, 1.54) is 10.6 Å². The quantitative estimate of drug-likeness (QED) is 0.546. The second-order valence-corrected chi connectivity index (χ2v) is 8.69. The van der Waals surface area contributed by atoms with Gasteiger partial charge in [0.15, 0.2) is 5.82 Å². The molecule has 0 aliphatic carbocycles. The molecule has 2 aromatic carbocycles. The van der Waals surface area contributed by atoms with Gasteiger partial charge in [-0.1, -0.05) is 31.1 Å². The minimum Gasteiger partial charge on any atom is -0.508 e. The van der Waals surface area contributed by atoms with Crippen molar-refractivity contribution in [3.05, 3.63) is 47.5 Å². The third-order valence-corrected chi connectivity index (χ3v) is 6.07. The van der Waals surface area contributed by atoms with Crippen molar-refractivity contribution in [2.75, 3.05) is 26.2 Å². The average Bonchev–Trinajstić information content (AvgIpc) is 3.15. The van der Waals surface area contributed by atoms with Crippen molar-refractivity contribution in [2.24, 2.45) is 0 Å². The predicted octanol–water partition coefficient (Wildman–Crippen LogP) is 2.84. The summed E-state index contributed by atoms with van der Waals surface area (Å²) in [5, 5.41) is 38.9. The molecule has 0 saturated carbocycles. The molecule has 2 heterocycles. The predicted molar refractivity (Wildman–Crippen MR) is 123 cm³/mol. The first kappa shape index (κ1) is 22.6. The summed E-state index contributed by atoms with van der Waals surface area (Å²) >= 11 is 0. The van der Waals surface area contributed by atoms with Gasteiger partial charge in [-0.25, -0.2) is 4.57 Å². The number of nitrogens with zero attached hydrogens (tertiary/aromatic N) is 5. The first-order valence-electron chi connectivity index (χ1n) is 11.0. The van der Waals surface area contributed by atoms with Gasteiger partial charge in [-0.15, -0.1) is 5.10 Å². The molecule has 33 heavy (non-hydrogen) atoms. The summed E-state index contributed by atoms with van der Waals surface area (Å²) in [6.45, 7) is 9.38. The molecule has 0 atom stereocenters. The highest BCUT2D eigenvalue weighted by Gasteiger charge is 2.21. The number of phenols is 2. The Morgan fingerprint density at radius 1 is 0.970 bits per heavy atom. The van der Waals surface area contributed by atoms with E-state index < -0.39 is 0 Å². The van der Waals surface area contributed by atoms with Gasteiger partial charge in [0.05, 0.1) is 11.3 Å². The minimum atomic E-state index is -0.295. The topological polar surface area (TPSA) is 115 Å². The number of phenolic OH excluding ortho intramolecular Hbond substituents is 2. The molecule has 0 radical (unpaired) electrons. The van der Waals surface area contributed by atoms with Gasteiger partial charge in [0.1, 0.15) is 11.5 Å². The van der Waals surface area contributed by atoms with Gasteiger partial charge in [0, 0.05) is 45.7 Å². The molecule has 0 spiro atoms. The molecular formula is C24H29N5O4. The van der Waals surface area contributed by atoms with Crippen LogP contribution >= 0.6 is 0 Å². The summed E-state index contributed by atoms with van der Waals surface area (Å²) in [6.07, 6.45) is 0. The Bertz CT molecular complexity index is 1150. The zero-order valence-electron chi connectivity index (χ0n) is 19.1. The lowest BCUT2D eigenvalue weighted by Crippen LogP contribution is -2.47. The second-order valence-electron chi connectivity index (χ2n) is 8.69. The molecule has 1 aliphatic heterocycles. The van der Waals surface area contributed by atoms with Crippen molar-refractivity contribution < 1.29 is 20.1 Å². The molecule has 4 rings (SSSR count). The minimum absolute atomic E-state index is 0.00928. The number of amides is 1. The van der Waals surface area contributed by atoms with E-state index in [-0.39, 0.29) is 35.2 Å². The molecule has 9 heteroatoms. The smallest absolute Gasteiger partial charge is 0.319 e. The number of hydrogen-bond acceptors (Lipinski definition) is 7. The van der Waals surface area contributed by atoms with Gasteiger partial charge >= 0.3 is 6.01 Å². The average molecular weight is 452 g/mol. The Balaban J connectivity index is 1.58. The third kappa shape index (κ3) is 4.63. The molecule has 174 valence electrons. The highest BCUT2D eigenvalue weighted by atomic mass is 16.3. The molecule has 3 N–H and O–H groups in total. The maximum atomic E-state index is 11.5. The Morgan fingerprint density at radius 3 is 2.24 bits per heavy atom. The van der Waals surface area contributed by atoms with Crippen LogP contribution < -0.4 is 0 Å². The van der Waals surface area contributed by atoms with E-state index >= 15 is 0 Å². The highest BCUT2D eigenvalue weighted by Crippen LogP contribution is 2.38. The normalized spacial score (nSPS) is 14.7. The van der Waals surface area contributed by atoms with Gasteiger partial charge < -0.3 is 20.2 Å².